The summed E-state index contributed by atoms with van der Waals surface area (Å²) in [5.74, 6) is 0.418. The van der Waals surface area contributed by atoms with E-state index in [9.17, 15) is 9.90 Å². The molecule has 0 aromatic heterocycles. The molecule has 0 aliphatic carbocycles. The highest BCUT2D eigenvalue weighted by Gasteiger charge is 2.09. The number of amides is 1. The number of carbonyl (C=O) groups excluding carboxylic acids is 1. The number of methoxy groups -OCH3 is 1. The molecule has 0 saturated heterocycles. The van der Waals surface area contributed by atoms with Gasteiger partial charge in [-0.05, 0) is 37.3 Å². The van der Waals surface area contributed by atoms with Gasteiger partial charge in [-0.2, -0.15) is 10.4 Å². The molecule has 1 amide bonds. The zero-order valence-corrected chi connectivity index (χ0v) is 13.8. The fourth-order valence-corrected chi connectivity index (χ4v) is 2.00. The van der Waals surface area contributed by atoms with Gasteiger partial charge in [0.25, 0.3) is 5.91 Å². The van der Waals surface area contributed by atoms with Gasteiger partial charge >= 0.3 is 0 Å². The van der Waals surface area contributed by atoms with Gasteiger partial charge in [-0.25, -0.2) is 5.43 Å². The monoisotopic (exact) mass is 339 g/mol. The van der Waals surface area contributed by atoms with Gasteiger partial charge in [0.1, 0.15) is 23.3 Å². The number of nitriles is 1. The average Bonchev–Trinajstić information content (AvgIpc) is 2.65. The highest BCUT2D eigenvalue weighted by atomic mass is 16.5. The number of benzene rings is 2. The van der Waals surface area contributed by atoms with E-state index in [1.54, 1.807) is 43.3 Å². The van der Waals surface area contributed by atoms with Crippen molar-refractivity contribution in [3.63, 3.8) is 0 Å². The normalized spacial score (nSPS) is 10.7. The van der Waals surface area contributed by atoms with E-state index in [0.717, 1.165) is 0 Å². The maximum atomic E-state index is 11.8. The number of phenolic OH excluding ortho intramolecular Hbond substituents is 1. The van der Waals surface area contributed by atoms with Crippen LogP contribution in [-0.2, 0) is 4.79 Å². The van der Waals surface area contributed by atoms with Crippen molar-refractivity contribution < 1.29 is 19.4 Å². The maximum absolute atomic E-state index is 11.8. The molecule has 128 valence electrons. The Morgan fingerprint density at radius 1 is 1.32 bits per heavy atom. The third-order valence-electron chi connectivity index (χ3n) is 3.31. The number of carbonyl (C=O) groups is 1. The zero-order chi connectivity index (χ0) is 18.2. The van der Waals surface area contributed by atoms with Crippen molar-refractivity contribution in [1.82, 2.24) is 5.43 Å². The standard InChI is InChI=1S/C18H17N3O4/c1-12(15-9-14(24-2)7-8-16(15)22)20-21-18(23)11-25-17-6-4-3-5-13(17)10-19/h3-9,22H,11H2,1-2H3,(H,21,23)/b20-12+. The van der Waals surface area contributed by atoms with Crippen LogP contribution in [0.4, 0.5) is 0 Å². The molecule has 0 unspecified atom stereocenters. The predicted molar refractivity (Wildman–Crippen MR) is 91.7 cm³/mol. The third-order valence-corrected chi connectivity index (χ3v) is 3.31. The molecule has 2 aromatic rings. The fraction of sp³-hybridized carbons (Fsp3) is 0.167. The lowest BCUT2D eigenvalue weighted by molar-refractivity contribution is -0.123. The molecule has 0 radical (unpaired) electrons. The minimum Gasteiger partial charge on any atom is -0.507 e. The van der Waals surface area contributed by atoms with Crippen LogP contribution in [0.25, 0.3) is 0 Å². The first-order valence-electron chi connectivity index (χ1n) is 7.37. The van der Waals surface area contributed by atoms with Crippen molar-refractivity contribution in [2.75, 3.05) is 13.7 Å². The predicted octanol–water partition coefficient (Wildman–Crippen LogP) is 2.19. The summed E-state index contributed by atoms with van der Waals surface area (Å²) >= 11 is 0. The first-order chi connectivity index (χ1) is 12.0. The Balaban J connectivity index is 1.99. The van der Waals surface area contributed by atoms with Gasteiger partial charge in [-0.3, -0.25) is 4.79 Å². The second-order valence-electron chi connectivity index (χ2n) is 5.01. The number of phenols is 1. The molecule has 7 nitrogen and oxygen atoms in total. The highest BCUT2D eigenvalue weighted by molar-refractivity contribution is 6.01. The second kappa shape index (κ2) is 8.36. The molecular weight excluding hydrogens is 322 g/mol. The summed E-state index contributed by atoms with van der Waals surface area (Å²) in [5, 5.41) is 22.8. The number of nitrogens with zero attached hydrogens (tertiary/aromatic N) is 2. The largest absolute Gasteiger partial charge is 0.507 e. The van der Waals surface area contributed by atoms with Gasteiger partial charge in [0, 0.05) is 5.56 Å². The highest BCUT2D eigenvalue weighted by Crippen LogP contribution is 2.23. The zero-order valence-electron chi connectivity index (χ0n) is 13.8. The van der Waals surface area contributed by atoms with E-state index >= 15 is 0 Å². The van der Waals surface area contributed by atoms with Crippen LogP contribution in [0.5, 0.6) is 17.2 Å². The average molecular weight is 339 g/mol. The molecule has 2 rings (SSSR count). The summed E-state index contributed by atoms with van der Waals surface area (Å²) < 4.78 is 10.4. The summed E-state index contributed by atoms with van der Waals surface area (Å²) in [6.07, 6.45) is 0. The Bertz CT molecular complexity index is 840. The first-order valence-corrected chi connectivity index (χ1v) is 7.37. The Kier molecular flexibility index (Phi) is 5.96. The lowest BCUT2D eigenvalue weighted by Gasteiger charge is -2.08. The van der Waals surface area contributed by atoms with E-state index in [0.29, 0.717) is 28.3 Å². The Morgan fingerprint density at radius 2 is 2.08 bits per heavy atom. The molecule has 0 atom stereocenters. The molecule has 0 saturated carbocycles. The van der Waals surface area contributed by atoms with E-state index in [1.807, 2.05) is 6.07 Å². The number of rotatable bonds is 6. The van der Waals surface area contributed by atoms with Gasteiger partial charge in [-0.15, -0.1) is 0 Å². The molecule has 25 heavy (non-hydrogen) atoms. The molecule has 2 aromatic carbocycles. The van der Waals surface area contributed by atoms with Gasteiger partial charge in [0.2, 0.25) is 0 Å². The molecule has 2 N–H and O–H groups in total. The number of hydrazone groups is 1. The van der Waals surface area contributed by atoms with E-state index in [1.165, 1.54) is 13.2 Å². The number of hydrogen-bond acceptors (Lipinski definition) is 6. The summed E-state index contributed by atoms with van der Waals surface area (Å²) in [5.41, 5.74) is 3.53. The number of hydrogen-bond donors (Lipinski definition) is 2. The minimum absolute atomic E-state index is 0.0236. The van der Waals surface area contributed by atoms with Gasteiger partial charge in [-0.1, -0.05) is 12.1 Å². The number of nitrogens with one attached hydrogen (secondary N) is 1. The molecule has 0 bridgehead atoms. The number of para-hydroxylation sites is 1. The van der Waals surface area contributed by atoms with Crippen LogP contribution in [0.1, 0.15) is 18.1 Å². The Labute approximate surface area is 145 Å². The fourth-order valence-electron chi connectivity index (χ4n) is 2.00. The van der Waals surface area contributed by atoms with Crippen LogP contribution >= 0.6 is 0 Å². The van der Waals surface area contributed by atoms with Crippen LogP contribution < -0.4 is 14.9 Å². The van der Waals surface area contributed by atoms with Crippen molar-refractivity contribution in [3.05, 3.63) is 53.6 Å². The quantitative estimate of drug-likeness (QED) is 0.620. The van der Waals surface area contributed by atoms with E-state index in [2.05, 4.69) is 10.5 Å². The smallest absolute Gasteiger partial charge is 0.277 e. The van der Waals surface area contributed by atoms with Gasteiger partial charge in [0.05, 0.1) is 18.4 Å². The lowest BCUT2D eigenvalue weighted by Crippen LogP contribution is -2.25. The number of ether oxygens (including phenoxy) is 2. The maximum Gasteiger partial charge on any atom is 0.277 e. The van der Waals surface area contributed by atoms with Crippen molar-refractivity contribution in [2.24, 2.45) is 5.10 Å². The molecular formula is C18H17N3O4. The SMILES string of the molecule is COc1ccc(O)c(/C(C)=N/NC(=O)COc2ccccc2C#N)c1. The topological polar surface area (TPSA) is 104 Å². The Hall–Kier alpha value is -3.53. The van der Waals surface area contributed by atoms with E-state index in [-0.39, 0.29) is 12.4 Å². The van der Waals surface area contributed by atoms with Crippen LogP contribution in [0.15, 0.2) is 47.6 Å². The Morgan fingerprint density at radius 3 is 2.80 bits per heavy atom. The van der Waals surface area contributed by atoms with Gasteiger partial charge in [0.15, 0.2) is 6.61 Å². The second-order valence-corrected chi connectivity index (χ2v) is 5.01. The molecule has 7 heteroatoms. The summed E-state index contributed by atoms with van der Waals surface area (Å²) in [6.45, 7) is 1.35. The van der Waals surface area contributed by atoms with Crippen molar-refractivity contribution in [1.29, 1.82) is 5.26 Å². The summed E-state index contributed by atoms with van der Waals surface area (Å²) in [6, 6.07) is 13.3. The molecule has 0 aliphatic rings. The molecule has 0 heterocycles. The third kappa shape index (κ3) is 4.72. The van der Waals surface area contributed by atoms with Crippen molar-refractivity contribution in [2.45, 2.75) is 6.92 Å². The van der Waals surface area contributed by atoms with Gasteiger partial charge < -0.3 is 14.6 Å². The van der Waals surface area contributed by atoms with E-state index < -0.39 is 5.91 Å². The summed E-state index contributed by atoms with van der Waals surface area (Å²) in [4.78, 5) is 11.8. The summed E-state index contributed by atoms with van der Waals surface area (Å²) in [7, 11) is 1.51. The van der Waals surface area contributed by atoms with Crippen LogP contribution in [0, 0.1) is 11.3 Å². The van der Waals surface area contributed by atoms with Crippen molar-refractivity contribution in [3.8, 4) is 23.3 Å². The van der Waals surface area contributed by atoms with Crippen LogP contribution in [0.2, 0.25) is 0 Å². The van der Waals surface area contributed by atoms with Crippen LogP contribution in [0.3, 0.4) is 0 Å². The van der Waals surface area contributed by atoms with Crippen LogP contribution in [-0.4, -0.2) is 30.4 Å². The molecule has 0 fully saturated rings. The molecule has 0 spiro atoms. The lowest BCUT2D eigenvalue weighted by atomic mass is 10.1. The number of aromatic hydroxyl groups is 1. The molecule has 0 aliphatic heterocycles. The minimum atomic E-state index is -0.491. The first kappa shape index (κ1) is 17.8. The van der Waals surface area contributed by atoms with Crippen molar-refractivity contribution >= 4 is 11.6 Å². The van der Waals surface area contributed by atoms with E-state index in [4.69, 9.17) is 14.7 Å².